The van der Waals surface area contributed by atoms with Crippen LogP contribution in [0.1, 0.15) is 25.3 Å². The zero-order valence-electron chi connectivity index (χ0n) is 12.0. The highest BCUT2D eigenvalue weighted by Gasteiger charge is 2.17. The highest BCUT2D eigenvalue weighted by molar-refractivity contribution is 5.72. The van der Waals surface area contributed by atoms with Crippen molar-refractivity contribution in [2.75, 3.05) is 20.3 Å². The first kappa shape index (κ1) is 14.7. The van der Waals surface area contributed by atoms with Crippen molar-refractivity contribution >= 4 is 5.91 Å². The summed E-state index contributed by atoms with van der Waals surface area (Å²) in [7, 11) is 1.61. The average molecular weight is 279 g/mol. The van der Waals surface area contributed by atoms with E-state index in [1.165, 1.54) is 6.92 Å². The molecule has 1 aromatic carbocycles. The Morgan fingerprint density at radius 3 is 2.95 bits per heavy atom. The molecule has 1 aromatic rings. The first-order chi connectivity index (χ1) is 9.69. The molecule has 0 spiro atoms. The van der Waals surface area contributed by atoms with Gasteiger partial charge in [0.05, 0.1) is 13.2 Å². The van der Waals surface area contributed by atoms with Gasteiger partial charge in [-0.2, -0.15) is 0 Å². The molecule has 1 unspecified atom stereocenters. The first-order valence-corrected chi connectivity index (χ1v) is 6.85. The molecule has 110 valence electrons. The van der Waals surface area contributed by atoms with Gasteiger partial charge < -0.3 is 19.5 Å². The van der Waals surface area contributed by atoms with Gasteiger partial charge in [0.25, 0.3) is 0 Å². The molecule has 20 heavy (non-hydrogen) atoms. The monoisotopic (exact) mass is 279 g/mol. The second-order valence-corrected chi connectivity index (χ2v) is 4.84. The number of carbonyl (C=O) groups is 1. The van der Waals surface area contributed by atoms with Crippen LogP contribution >= 0.6 is 0 Å². The summed E-state index contributed by atoms with van der Waals surface area (Å²) in [6.45, 7) is 3.34. The van der Waals surface area contributed by atoms with E-state index in [9.17, 15) is 4.79 Å². The van der Waals surface area contributed by atoms with E-state index >= 15 is 0 Å². The molecule has 1 atom stereocenters. The van der Waals surface area contributed by atoms with Gasteiger partial charge in [-0.15, -0.1) is 0 Å². The quantitative estimate of drug-likeness (QED) is 0.864. The summed E-state index contributed by atoms with van der Waals surface area (Å²) in [6, 6.07) is 5.66. The van der Waals surface area contributed by atoms with Gasteiger partial charge in [0.1, 0.15) is 6.61 Å². The third kappa shape index (κ3) is 4.13. The molecule has 0 aromatic heterocycles. The molecule has 1 heterocycles. The van der Waals surface area contributed by atoms with Gasteiger partial charge in [-0.1, -0.05) is 6.07 Å². The van der Waals surface area contributed by atoms with E-state index in [2.05, 4.69) is 5.32 Å². The Kier molecular flexibility index (Phi) is 5.24. The lowest BCUT2D eigenvalue weighted by Crippen LogP contribution is -2.19. The van der Waals surface area contributed by atoms with Crippen molar-refractivity contribution in [2.45, 2.75) is 32.4 Å². The van der Waals surface area contributed by atoms with Crippen molar-refractivity contribution in [3.63, 3.8) is 0 Å². The molecule has 5 nitrogen and oxygen atoms in total. The highest BCUT2D eigenvalue weighted by Crippen LogP contribution is 2.28. The minimum atomic E-state index is -0.0531. The molecule has 0 bridgehead atoms. The van der Waals surface area contributed by atoms with Crippen LogP contribution in [0.2, 0.25) is 0 Å². The van der Waals surface area contributed by atoms with E-state index < -0.39 is 0 Å². The summed E-state index contributed by atoms with van der Waals surface area (Å²) in [6.07, 6.45) is 2.32. The van der Waals surface area contributed by atoms with Crippen molar-refractivity contribution in [2.24, 2.45) is 0 Å². The number of rotatable bonds is 6. The zero-order chi connectivity index (χ0) is 14.4. The molecule has 0 saturated carbocycles. The van der Waals surface area contributed by atoms with Crippen LogP contribution in [0.5, 0.6) is 11.5 Å². The fourth-order valence-electron chi connectivity index (χ4n) is 2.13. The Bertz CT molecular complexity index is 455. The van der Waals surface area contributed by atoms with Crippen LogP contribution in [0.3, 0.4) is 0 Å². The highest BCUT2D eigenvalue weighted by atomic mass is 16.5. The van der Waals surface area contributed by atoms with Crippen LogP contribution in [-0.2, 0) is 16.1 Å². The summed E-state index contributed by atoms with van der Waals surface area (Å²) in [5, 5.41) is 2.75. The summed E-state index contributed by atoms with van der Waals surface area (Å²) in [4.78, 5) is 10.9. The predicted molar refractivity (Wildman–Crippen MR) is 75.0 cm³/mol. The third-order valence-electron chi connectivity index (χ3n) is 3.22. The SMILES string of the molecule is COc1cc(CNC(C)=O)ccc1OCC1CCCO1. The molecule has 0 radical (unpaired) electrons. The molecule has 2 rings (SSSR count). The lowest BCUT2D eigenvalue weighted by Gasteiger charge is -2.15. The van der Waals surface area contributed by atoms with E-state index in [0.717, 1.165) is 25.0 Å². The number of amides is 1. The van der Waals surface area contributed by atoms with Crippen LogP contribution in [-0.4, -0.2) is 32.3 Å². The summed E-state index contributed by atoms with van der Waals surface area (Å²) >= 11 is 0. The van der Waals surface area contributed by atoms with Crippen molar-refractivity contribution in [1.82, 2.24) is 5.32 Å². The normalized spacial score (nSPS) is 17.8. The largest absolute Gasteiger partial charge is 0.493 e. The molecule has 0 aliphatic carbocycles. The fourth-order valence-corrected chi connectivity index (χ4v) is 2.13. The van der Waals surface area contributed by atoms with Crippen LogP contribution < -0.4 is 14.8 Å². The molecule has 1 saturated heterocycles. The van der Waals surface area contributed by atoms with Gasteiger partial charge >= 0.3 is 0 Å². The van der Waals surface area contributed by atoms with Crippen molar-refractivity contribution in [1.29, 1.82) is 0 Å². The predicted octanol–water partition coefficient (Wildman–Crippen LogP) is 1.89. The number of benzene rings is 1. The summed E-state index contributed by atoms with van der Waals surface area (Å²) in [5.41, 5.74) is 0.974. The number of carbonyl (C=O) groups excluding carboxylic acids is 1. The molecule has 1 N–H and O–H groups in total. The molecule has 1 fully saturated rings. The average Bonchev–Trinajstić information content (AvgIpc) is 2.96. The van der Waals surface area contributed by atoms with E-state index in [0.29, 0.717) is 24.7 Å². The van der Waals surface area contributed by atoms with E-state index in [4.69, 9.17) is 14.2 Å². The molecular formula is C15H21NO4. The fraction of sp³-hybridized carbons (Fsp3) is 0.533. The van der Waals surface area contributed by atoms with Gasteiger partial charge in [0, 0.05) is 20.1 Å². The minimum Gasteiger partial charge on any atom is -0.493 e. The summed E-state index contributed by atoms with van der Waals surface area (Å²) < 4.78 is 16.6. The van der Waals surface area contributed by atoms with Gasteiger partial charge in [0.2, 0.25) is 5.91 Å². The molecule has 5 heteroatoms. The minimum absolute atomic E-state index is 0.0531. The van der Waals surface area contributed by atoms with Crippen molar-refractivity contribution < 1.29 is 19.0 Å². The number of methoxy groups -OCH3 is 1. The zero-order valence-corrected chi connectivity index (χ0v) is 12.0. The van der Waals surface area contributed by atoms with Gasteiger partial charge in [-0.25, -0.2) is 0 Å². The Hall–Kier alpha value is -1.75. The summed E-state index contributed by atoms with van der Waals surface area (Å²) in [5.74, 6) is 1.32. The molecular weight excluding hydrogens is 258 g/mol. The number of nitrogens with one attached hydrogen (secondary N) is 1. The lowest BCUT2D eigenvalue weighted by atomic mass is 10.2. The van der Waals surface area contributed by atoms with E-state index in [1.54, 1.807) is 7.11 Å². The maximum atomic E-state index is 10.9. The molecule has 1 aliphatic heterocycles. The molecule has 1 amide bonds. The van der Waals surface area contributed by atoms with Crippen LogP contribution in [0, 0.1) is 0 Å². The topological polar surface area (TPSA) is 56.8 Å². The first-order valence-electron chi connectivity index (χ1n) is 6.85. The Labute approximate surface area is 119 Å². The van der Waals surface area contributed by atoms with Gasteiger partial charge in [-0.3, -0.25) is 4.79 Å². The number of hydrogen-bond acceptors (Lipinski definition) is 4. The number of hydrogen-bond donors (Lipinski definition) is 1. The Morgan fingerprint density at radius 1 is 1.45 bits per heavy atom. The lowest BCUT2D eigenvalue weighted by molar-refractivity contribution is -0.119. The second kappa shape index (κ2) is 7.14. The van der Waals surface area contributed by atoms with Crippen molar-refractivity contribution in [3.05, 3.63) is 23.8 Å². The Balaban J connectivity index is 1.95. The maximum Gasteiger partial charge on any atom is 0.217 e. The smallest absolute Gasteiger partial charge is 0.217 e. The van der Waals surface area contributed by atoms with Gasteiger partial charge in [0.15, 0.2) is 11.5 Å². The number of ether oxygens (including phenoxy) is 3. The van der Waals surface area contributed by atoms with Crippen LogP contribution in [0.4, 0.5) is 0 Å². The van der Waals surface area contributed by atoms with Crippen LogP contribution in [0.25, 0.3) is 0 Å². The van der Waals surface area contributed by atoms with E-state index in [-0.39, 0.29) is 12.0 Å². The third-order valence-corrected chi connectivity index (χ3v) is 3.22. The molecule has 1 aliphatic rings. The van der Waals surface area contributed by atoms with E-state index in [1.807, 2.05) is 18.2 Å². The maximum absolute atomic E-state index is 10.9. The standard InChI is InChI=1S/C15H21NO4/c1-11(17)16-9-12-5-6-14(15(8-12)18-2)20-10-13-4-3-7-19-13/h5-6,8,13H,3-4,7,9-10H2,1-2H3,(H,16,17). The van der Waals surface area contributed by atoms with Crippen molar-refractivity contribution in [3.8, 4) is 11.5 Å². The second-order valence-electron chi connectivity index (χ2n) is 4.84. The van der Waals surface area contributed by atoms with Gasteiger partial charge in [-0.05, 0) is 30.5 Å². The van der Waals surface area contributed by atoms with Crippen LogP contribution in [0.15, 0.2) is 18.2 Å². The Morgan fingerprint density at radius 2 is 2.30 bits per heavy atom.